The van der Waals surface area contributed by atoms with Crippen LogP contribution in [0.15, 0.2) is 54.6 Å². The Morgan fingerprint density at radius 1 is 0.936 bits per heavy atom. The van der Waals surface area contributed by atoms with E-state index in [1.807, 2.05) is 6.92 Å². The summed E-state index contributed by atoms with van der Waals surface area (Å²) in [7, 11) is 1.47. The van der Waals surface area contributed by atoms with Crippen molar-refractivity contribution in [2.24, 2.45) is 11.3 Å². The van der Waals surface area contributed by atoms with E-state index in [9.17, 15) is 34.2 Å². The van der Waals surface area contributed by atoms with Crippen molar-refractivity contribution >= 4 is 35.6 Å². The van der Waals surface area contributed by atoms with Crippen LogP contribution < -0.4 is 20.3 Å². The highest BCUT2D eigenvalue weighted by molar-refractivity contribution is 6.19. The van der Waals surface area contributed by atoms with Gasteiger partial charge in [-0.05, 0) is 61.9 Å². The van der Waals surface area contributed by atoms with Crippen LogP contribution in [0.2, 0.25) is 0 Å². The number of imide groups is 2. The minimum Gasteiger partial charge on any atom is -0.508 e. The fourth-order valence-electron chi connectivity index (χ4n) is 7.58. The molecule has 5 amide bonds. The third-order valence-corrected chi connectivity index (χ3v) is 9.67. The highest BCUT2D eigenvalue weighted by atomic mass is 16.6. The number of carbonyl (C=O) groups is 5. The van der Waals surface area contributed by atoms with E-state index in [1.54, 1.807) is 30.3 Å². The maximum atomic E-state index is 13.7. The van der Waals surface area contributed by atoms with E-state index in [4.69, 9.17) is 14.2 Å². The number of benzene rings is 3. The number of aromatic hydroxyl groups is 2. The number of hydrogen-bond acceptors (Lipinski definition) is 10. The molecule has 0 radical (unpaired) electrons. The SMILES string of the molecule is CCCC1(C2CCC(OC(=O)N(C)c3cccc4c3C(=O)OC43c4ccc(O)cc4Oc4cc(O)ccc43)C2)C(=O)NC(=O)NC1=O. The summed E-state index contributed by atoms with van der Waals surface area (Å²) in [6.07, 6.45) is 0.455. The van der Waals surface area contributed by atoms with Crippen LogP contribution in [0.1, 0.15) is 66.1 Å². The Balaban J connectivity index is 1.19. The number of nitrogens with one attached hydrogen (secondary N) is 2. The fourth-order valence-corrected chi connectivity index (χ4v) is 7.58. The smallest absolute Gasteiger partial charge is 0.414 e. The topological polar surface area (TPSA) is 181 Å². The predicted octanol–water partition coefficient (Wildman–Crippen LogP) is 4.56. The predicted molar refractivity (Wildman–Crippen MR) is 163 cm³/mol. The number of rotatable bonds is 5. The summed E-state index contributed by atoms with van der Waals surface area (Å²) >= 11 is 0. The van der Waals surface area contributed by atoms with Gasteiger partial charge in [-0.25, -0.2) is 14.4 Å². The lowest BCUT2D eigenvalue weighted by molar-refractivity contribution is -0.149. The summed E-state index contributed by atoms with van der Waals surface area (Å²) in [6, 6.07) is 13.0. The third-order valence-electron chi connectivity index (χ3n) is 9.67. The Bertz CT molecular complexity index is 1820. The number of fused-ring (bicyclic) bond motifs is 6. The lowest BCUT2D eigenvalue weighted by Crippen LogP contribution is -2.64. The van der Waals surface area contributed by atoms with Gasteiger partial charge < -0.3 is 24.4 Å². The van der Waals surface area contributed by atoms with Crippen molar-refractivity contribution in [3.05, 3.63) is 76.9 Å². The highest BCUT2D eigenvalue weighted by Gasteiger charge is 2.57. The molecule has 0 aromatic heterocycles. The Morgan fingerprint density at radius 3 is 2.19 bits per heavy atom. The molecule has 2 atom stereocenters. The maximum Gasteiger partial charge on any atom is 0.414 e. The second-order valence-electron chi connectivity index (χ2n) is 12.3. The standard InChI is InChI=1S/C34H31N3O10/c1-3-13-33(29(41)35-31(43)36-30(33)42)17-7-10-20(14-17)45-32(44)37(2)24-6-4-5-23-27(24)28(40)47-34(23)21-11-8-18(38)15-25(21)46-26-16-19(39)9-12-22(26)34/h4-6,8-9,11-12,15-17,20,38-39H,3,7,10,13-14H2,1-2H3,(H2,35,36,41,42,43). The fraction of sp³-hybridized carbons (Fsp3) is 0.324. The van der Waals surface area contributed by atoms with E-state index >= 15 is 0 Å². The quantitative estimate of drug-likeness (QED) is 0.228. The molecular weight excluding hydrogens is 610 g/mol. The van der Waals surface area contributed by atoms with Crippen LogP contribution in [0, 0.1) is 11.3 Å². The molecule has 3 aromatic rings. The minimum atomic E-state index is -1.51. The number of hydrogen-bond donors (Lipinski definition) is 4. The first-order chi connectivity index (χ1) is 22.5. The van der Waals surface area contributed by atoms with E-state index in [0.717, 1.165) is 0 Å². The van der Waals surface area contributed by atoms with E-state index in [0.29, 0.717) is 36.0 Å². The van der Waals surface area contributed by atoms with Crippen LogP contribution >= 0.6 is 0 Å². The number of ether oxygens (including phenoxy) is 3. The molecule has 13 nitrogen and oxygen atoms in total. The van der Waals surface area contributed by atoms with Gasteiger partial charge in [-0.2, -0.15) is 0 Å². The van der Waals surface area contributed by atoms with Gasteiger partial charge in [-0.15, -0.1) is 0 Å². The van der Waals surface area contributed by atoms with Gasteiger partial charge in [0.25, 0.3) is 0 Å². The number of anilines is 1. The summed E-state index contributed by atoms with van der Waals surface area (Å²) in [5.74, 6) is -2.14. The molecule has 3 aliphatic heterocycles. The molecule has 1 saturated carbocycles. The molecule has 3 aromatic carbocycles. The zero-order valence-electron chi connectivity index (χ0n) is 25.5. The van der Waals surface area contributed by atoms with Gasteiger partial charge in [-0.3, -0.25) is 25.1 Å². The molecule has 0 bridgehead atoms. The van der Waals surface area contributed by atoms with Crippen LogP contribution in [0.5, 0.6) is 23.0 Å². The molecule has 1 saturated heterocycles. The monoisotopic (exact) mass is 641 g/mol. The number of esters is 1. The molecule has 1 spiro atoms. The van der Waals surface area contributed by atoms with Crippen LogP contribution in [0.4, 0.5) is 15.3 Å². The second kappa shape index (κ2) is 10.7. The molecule has 1 aliphatic carbocycles. The summed E-state index contributed by atoms with van der Waals surface area (Å²) in [5.41, 5.74) is -1.30. The minimum absolute atomic E-state index is 0.0729. The number of urea groups is 1. The zero-order chi connectivity index (χ0) is 33.2. The van der Waals surface area contributed by atoms with Gasteiger partial charge in [0.15, 0.2) is 5.60 Å². The van der Waals surface area contributed by atoms with Crippen molar-refractivity contribution in [2.45, 2.75) is 50.7 Å². The number of phenols is 2. The lowest BCUT2D eigenvalue weighted by Gasteiger charge is -2.38. The maximum absolute atomic E-state index is 13.7. The summed E-state index contributed by atoms with van der Waals surface area (Å²) in [6.45, 7) is 1.85. The Hall–Kier alpha value is -5.59. The van der Waals surface area contributed by atoms with E-state index in [-0.39, 0.29) is 47.1 Å². The second-order valence-corrected chi connectivity index (χ2v) is 12.3. The van der Waals surface area contributed by atoms with Gasteiger partial charge in [0.2, 0.25) is 11.8 Å². The first-order valence-electron chi connectivity index (χ1n) is 15.3. The van der Waals surface area contributed by atoms with Gasteiger partial charge in [0.1, 0.15) is 34.5 Å². The number of nitrogens with zero attached hydrogens (tertiary/aromatic N) is 1. The average molecular weight is 642 g/mol. The largest absolute Gasteiger partial charge is 0.508 e. The molecule has 2 fully saturated rings. The summed E-state index contributed by atoms with van der Waals surface area (Å²) < 4.78 is 18.0. The Labute approximate surface area is 268 Å². The van der Waals surface area contributed by atoms with Crippen molar-refractivity contribution in [3.63, 3.8) is 0 Å². The van der Waals surface area contributed by atoms with Gasteiger partial charge in [0, 0.05) is 35.9 Å². The van der Waals surface area contributed by atoms with Crippen molar-refractivity contribution < 1.29 is 48.4 Å². The molecule has 4 N–H and O–H groups in total. The first-order valence-corrected chi connectivity index (χ1v) is 15.3. The van der Waals surface area contributed by atoms with Crippen molar-refractivity contribution in [1.29, 1.82) is 0 Å². The van der Waals surface area contributed by atoms with Gasteiger partial charge in [0.05, 0.1) is 11.3 Å². The molecular formula is C34H31N3O10. The normalized spacial score (nSPS) is 21.5. The number of barbiturate groups is 1. The molecule has 4 aliphatic rings. The zero-order valence-corrected chi connectivity index (χ0v) is 25.5. The Morgan fingerprint density at radius 2 is 1.57 bits per heavy atom. The van der Waals surface area contributed by atoms with Crippen molar-refractivity contribution in [1.82, 2.24) is 10.6 Å². The van der Waals surface area contributed by atoms with Crippen LogP contribution in [-0.2, 0) is 24.7 Å². The van der Waals surface area contributed by atoms with Crippen LogP contribution in [0.3, 0.4) is 0 Å². The third kappa shape index (κ3) is 4.40. The van der Waals surface area contributed by atoms with Crippen LogP contribution in [0.25, 0.3) is 0 Å². The molecule has 242 valence electrons. The average Bonchev–Trinajstić information content (AvgIpc) is 3.61. The van der Waals surface area contributed by atoms with Gasteiger partial charge in [-0.1, -0.05) is 25.5 Å². The summed E-state index contributed by atoms with van der Waals surface area (Å²) in [5, 5.41) is 24.8. The molecule has 7 rings (SSSR count). The van der Waals surface area contributed by atoms with E-state index in [1.165, 1.54) is 36.2 Å². The Kier molecular flexibility index (Phi) is 6.88. The molecule has 47 heavy (non-hydrogen) atoms. The van der Waals surface area contributed by atoms with Crippen molar-refractivity contribution in [2.75, 3.05) is 11.9 Å². The lowest BCUT2D eigenvalue weighted by atomic mass is 9.69. The van der Waals surface area contributed by atoms with Crippen LogP contribution in [-0.4, -0.2) is 53.3 Å². The van der Waals surface area contributed by atoms with Crippen molar-refractivity contribution in [3.8, 4) is 23.0 Å². The molecule has 13 heteroatoms. The first kappa shape index (κ1) is 30.1. The number of carbonyl (C=O) groups excluding carboxylic acids is 5. The molecule has 2 unspecified atom stereocenters. The summed E-state index contributed by atoms with van der Waals surface area (Å²) in [4.78, 5) is 66.3. The number of phenolic OH excluding ortho intramolecular Hbond substituents is 2. The number of amides is 5. The highest BCUT2D eigenvalue weighted by Crippen LogP contribution is 2.58. The van der Waals surface area contributed by atoms with Gasteiger partial charge >= 0.3 is 18.1 Å². The van der Waals surface area contributed by atoms with E-state index in [2.05, 4.69) is 10.6 Å². The molecule has 3 heterocycles. The van der Waals surface area contributed by atoms with E-state index < -0.39 is 52.9 Å².